The number of nitrogens with zero attached hydrogens (tertiary/aromatic N) is 1. The summed E-state index contributed by atoms with van der Waals surface area (Å²) in [6.07, 6.45) is 3.75. The van der Waals surface area contributed by atoms with Gasteiger partial charge in [-0.1, -0.05) is 19.8 Å². The summed E-state index contributed by atoms with van der Waals surface area (Å²) in [5, 5.41) is 13.4. The van der Waals surface area contributed by atoms with Crippen LogP contribution in [0.3, 0.4) is 0 Å². The van der Waals surface area contributed by atoms with Gasteiger partial charge in [0.1, 0.15) is 0 Å². The average molecular weight is 290 g/mol. The van der Waals surface area contributed by atoms with E-state index in [0.717, 1.165) is 24.9 Å². The summed E-state index contributed by atoms with van der Waals surface area (Å²) < 4.78 is 0. The third-order valence-electron chi connectivity index (χ3n) is 4.29. The second kappa shape index (κ2) is 6.48. The van der Waals surface area contributed by atoms with E-state index in [1.165, 1.54) is 6.42 Å². The van der Waals surface area contributed by atoms with Gasteiger partial charge in [0.05, 0.1) is 5.60 Å². The van der Waals surface area contributed by atoms with Crippen molar-refractivity contribution < 1.29 is 9.90 Å². The van der Waals surface area contributed by atoms with E-state index in [-0.39, 0.29) is 5.91 Å². The molecule has 4 heteroatoms. The second-order valence-electron chi connectivity index (χ2n) is 6.55. The first-order valence-corrected chi connectivity index (χ1v) is 7.68. The highest BCUT2D eigenvalue weighted by Gasteiger charge is 2.32. The first-order valence-electron chi connectivity index (χ1n) is 7.68. The molecule has 0 saturated heterocycles. The molecule has 2 rings (SSSR count). The average Bonchev–Trinajstić information content (AvgIpc) is 2.45. The zero-order valence-corrected chi connectivity index (χ0v) is 13.2. The molecule has 1 amide bonds. The Hall–Kier alpha value is -1.55. The van der Waals surface area contributed by atoms with Gasteiger partial charge in [0.15, 0.2) is 0 Å². The quantitative estimate of drug-likeness (QED) is 0.895. The Labute approximate surface area is 127 Å². The van der Waals surface area contributed by atoms with Crippen molar-refractivity contribution in [1.82, 2.24) is 5.32 Å². The summed E-state index contributed by atoms with van der Waals surface area (Å²) in [6.45, 7) is 2.50. The number of carbonyl (C=O) groups is 1. The minimum absolute atomic E-state index is 0.119. The lowest BCUT2D eigenvalue weighted by atomic mass is 9.79. The van der Waals surface area contributed by atoms with E-state index >= 15 is 0 Å². The second-order valence-corrected chi connectivity index (χ2v) is 6.55. The molecule has 1 saturated carbocycles. The van der Waals surface area contributed by atoms with E-state index in [9.17, 15) is 9.90 Å². The SMILES string of the molecule is CC1CCCC(O)(CNC(=O)c2ccc(N(C)C)cc2)C1. The van der Waals surface area contributed by atoms with E-state index in [1.807, 2.05) is 43.3 Å². The van der Waals surface area contributed by atoms with Crippen molar-refractivity contribution in [2.45, 2.75) is 38.2 Å². The smallest absolute Gasteiger partial charge is 0.251 e. The summed E-state index contributed by atoms with van der Waals surface area (Å²) in [6, 6.07) is 7.48. The Balaban J connectivity index is 1.92. The van der Waals surface area contributed by atoms with Gasteiger partial charge in [-0.05, 0) is 43.0 Å². The minimum Gasteiger partial charge on any atom is -0.388 e. The maximum Gasteiger partial charge on any atom is 0.251 e. The molecule has 0 aromatic heterocycles. The Morgan fingerprint density at radius 1 is 1.38 bits per heavy atom. The first-order chi connectivity index (χ1) is 9.89. The Kier molecular flexibility index (Phi) is 4.88. The maximum atomic E-state index is 12.2. The molecule has 1 aromatic carbocycles. The monoisotopic (exact) mass is 290 g/mol. The van der Waals surface area contributed by atoms with Crippen LogP contribution >= 0.6 is 0 Å². The molecule has 1 fully saturated rings. The fourth-order valence-corrected chi connectivity index (χ4v) is 3.05. The zero-order valence-electron chi connectivity index (χ0n) is 13.2. The summed E-state index contributed by atoms with van der Waals surface area (Å²) in [5.41, 5.74) is 0.955. The molecule has 1 aliphatic carbocycles. The van der Waals surface area contributed by atoms with E-state index in [4.69, 9.17) is 0 Å². The van der Waals surface area contributed by atoms with Gasteiger partial charge in [-0.15, -0.1) is 0 Å². The summed E-state index contributed by atoms with van der Waals surface area (Å²) >= 11 is 0. The number of hydrogen-bond acceptors (Lipinski definition) is 3. The molecule has 0 aliphatic heterocycles. The lowest BCUT2D eigenvalue weighted by molar-refractivity contribution is -0.0109. The van der Waals surface area contributed by atoms with Gasteiger partial charge in [0.2, 0.25) is 0 Å². The van der Waals surface area contributed by atoms with Gasteiger partial charge in [0, 0.05) is 31.9 Å². The topological polar surface area (TPSA) is 52.6 Å². The highest BCUT2D eigenvalue weighted by Crippen LogP contribution is 2.31. The Morgan fingerprint density at radius 3 is 2.62 bits per heavy atom. The van der Waals surface area contributed by atoms with Crippen molar-refractivity contribution >= 4 is 11.6 Å². The molecule has 0 radical (unpaired) electrons. The molecule has 116 valence electrons. The number of amides is 1. The molecular weight excluding hydrogens is 264 g/mol. The zero-order chi connectivity index (χ0) is 15.5. The molecule has 0 heterocycles. The third kappa shape index (κ3) is 4.21. The molecule has 2 atom stereocenters. The van der Waals surface area contributed by atoms with Crippen molar-refractivity contribution in [2.75, 3.05) is 25.5 Å². The molecule has 1 aromatic rings. The lowest BCUT2D eigenvalue weighted by Crippen LogP contribution is -2.45. The van der Waals surface area contributed by atoms with Gasteiger partial charge < -0.3 is 15.3 Å². The Morgan fingerprint density at radius 2 is 2.05 bits per heavy atom. The summed E-state index contributed by atoms with van der Waals surface area (Å²) in [5.74, 6) is 0.409. The van der Waals surface area contributed by atoms with Crippen molar-refractivity contribution in [3.8, 4) is 0 Å². The van der Waals surface area contributed by atoms with Crippen molar-refractivity contribution in [1.29, 1.82) is 0 Å². The van der Waals surface area contributed by atoms with E-state index in [2.05, 4.69) is 12.2 Å². The fraction of sp³-hybridized carbons (Fsp3) is 0.588. The van der Waals surface area contributed by atoms with Gasteiger partial charge in [-0.2, -0.15) is 0 Å². The highest BCUT2D eigenvalue weighted by molar-refractivity contribution is 5.94. The molecule has 0 spiro atoms. The normalized spacial score (nSPS) is 25.4. The van der Waals surface area contributed by atoms with Crippen LogP contribution in [0.15, 0.2) is 24.3 Å². The number of carbonyl (C=O) groups excluding carboxylic acids is 1. The van der Waals surface area contributed by atoms with Gasteiger partial charge in [-0.25, -0.2) is 0 Å². The van der Waals surface area contributed by atoms with Crippen LogP contribution in [0.1, 0.15) is 43.0 Å². The highest BCUT2D eigenvalue weighted by atomic mass is 16.3. The number of hydrogen-bond donors (Lipinski definition) is 2. The van der Waals surface area contributed by atoms with Crippen LogP contribution in [0, 0.1) is 5.92 Å². The third-order valence-corrected chi connectivity index (χ3v) is 4.29. The number of nitrogens with one attached hydrogen (secondary N) is 1. The first kappa shape index (κ1) is 15.8. The van der Waals surface area contributed by atoms with E-state index in [1.54, 1.807) is 0 Å². The number of rotatable bonds is 4. The van der Waals surface area contributed by atoms with E-state index < -0.39 is 5.60 Å². The van der Waals surface area contributed by atoms with Crippen molar-refractivity contribution in [3.63, 3.8) is 0 Å². The molecule has 2 unspecified atom stereocenters. The molecule has 0 bridgehead atoms. The fourth-order valence-electron chi connectivity index (χ4n) is 3.05. The molecular formula is C17H26N2O2. The minimum atomic E-state index is -0.739. The molecule has 2 N–H and O–H groups in total. The number of aliphatic hydroxyl groups is 1. The van der Waals surface area contributed by atoms with Crippen LogP contribution in [-0.4, -0.2) is 37.3 Å². The predicted octanol–water partition coefficient (Wildman–Crippen LogP) is 2.42. The number of anilines is 1. The Bertz CT molecular complexity index is 484. The van der Waals surface area contributed by atoms with Crippen molar-refractivity contribution in [2.24, 2.45) is 5.92 Å². The van der Waals surface area contributed by atoms with Crippen LogP contribution in [0.4, 0.5) is 5.69 Å². The molecule has 4 nitrogen and oxygen atoms in total. The van der Waals surface area contributed by atoms with Gasteiger partial charge in [-0.3, -0.25) is 4.79 Å². The van der Waals surface area contributed by atoms with Gasteiger partial charge in [0.25, 0.3) is 5.91 Å². The largest absolute Gasteiger partial charge is 0.388 e. The molecule has 21 heavy (non-hydrogen) atoms. The van der Waals surface area contributed by atoms with Crippen LogP contribution in [0.2, 0.25) is 0 Å². The standard InChI is InChI=1S/C17H26N2O2/c1-13-5-4-10-17(21,11-13)12-18-16(20)14-6-8-15(9-7-14)19(2)3/h6-9,13,21H,4-5,10-12H2,1-3H3,(H,18,20). The summed E-state index contributed by atoms with van der Waals surface area (Å²) in [4.78, 5) is 14.2. The van der Waals surface area contributed by atoms with Crippen LogP contribution in [0.5, 0.6) is 0 Å². The van der Waals surface area contributed by atoms with Crippen LogP contribution in [0.25, 0.3) is 0 Å². The molecule has 1 aliphatic rings. The van der Waals surface area contributed by atoms with Gasteiger partial charge >= 0.3 is 0 Å². The maximum absolute atomic E-state index is 12.2. The van der Waals surface area contributed by atoms with E-state index in [0.29, 0.717) is 18.0 Å². The number of benzene rings is 1. The van der Waals surface area contributed by atoms with Crippen molar-refractivity contribution in [3.05, 3.63) is 29.8 Å². The van der Waals surface area contributed by atoms with Crippen LogP contribution < -0.4 is 10.2 Å². The predicted molar refractivity (Wildman–Crippen MR) is 85.7 cm³/mol. The van der Waals surface area contributed by atoms with Crippen LogP contribution in [-0.2, 0) is 0 Å². The summed E-state index contributed by atoms with van der Waals surface area (Å²) in [7, 11) is 3.93. The lowest BCUT2D eigenvalue weighted by Gasteiger charge is -2.35.